The second kappa shape index (κ2) is 6.71. The Morgan fingerprint density at radius 1 is 0.792 bits per heavy atom. The molecule has 0 aliphatic carbocycles. The zero-order valence-electron chi connectivity index (χ0n) is 13.0. The van der Waals surface area contributed by atoms with Crippen molar-refractivity contribution < 1.29 is 21.6 Å². The van der Waals surface area contributed by atoms with Gasteiger partial charge in [0.2, 0.25) is 10.0 Å². The molecule has 0 unspecified atom stereocenters. The van der Waals surface area contributed by atoms with E-state index in [1.165, 1.54) is 43.4 Å². The Kier molecular flexibility index (Phi) is 5.07. The number of nitrogens with one attached hydrogen (secondary N) is 2. The largest absolute Gasteiger partial charge is 0.268 e. The van der Waals surface area contributed by atoms with Crippen molar-refractivity contribution in [2.45, 2.75) is 16.7 Å². The summed E-state index contributed by atoms with van der Waals surface area (Å²) in [6.07, 6.45) is 0. The lowest BCUT2D eigenvalue weighted by atomic mass is 10.2. The van der Waals surface area contributed by atoms with Gasteiger partial charge in [0.15, 0.2) is 0 Å². The van der Waals surface area contributed by atoms with Crippen molar-refractivity contribution >= 4 is 26.0 Å². The highest BCUT2D eigenvalue weighted by atomic mass is 32.2. The van der Waals surface area contributed by atoms with Crippen molar-refractivity contribution in [3.8, 4) is 0 Å². The summed E-state index contributed by atoms with van der Waals surface area (Å²) in [6, 6.07) is 11.0. The van der Waals surface area contributed by atoms with Crippen LogP contribution in [0.15, 0.2) is 58.3 Å². The fourth-order valence-corrected chi connectivity index (χ4v) is 3.56. The Bertz CT molecular complexity index is 948. The molecular formula is C15H16N2O5S2. The summed E-state index contributed by atoms with van der Waals surface area (Å²) >= 11 is 0. The van der Waals surface area contributed by atoms with Crippen molar-refractivity contribution in [2.24, 2.45) is 0 Å². The Labute approximate surface area is 140 Å². The summed E-state index contributed by atoms with van der Waals surface area (Å²) < 4.78 is 51.7. The van der Waals surface area contributed by atoms with E-state index in [9.17, 15) is 21.6 Å². The molecule has 7 nitrogen and oxygen atoms in total. The second-order valence-electron chi connectivity index (χ2n) is 4.98. The number of carbonyl (C=O) groups is 1. The van der Waals surface area contributed by atoms with E-state index in [1.807, 2.05) is 11.6 Å². The maximum Gasteiger partial charge on any atom is 0.264 e. The number of aryl methyl sites for hydroxylation is 1. The van der Waals surface area contributed by atoms with Gasteiger partial charge in [-0.3, -0.25) is 4.79 Å². The maximum atomic E-state index is 12.2. The van der Waals surface area contributed by atoms with Crippen LogP contribution in [0.1, 0.15) is 15.9 Å². The highest BCUT2D eigenvalue weighted by molar-refractivity contribution is 7.90. The normalized spacial score (nSPS) is 11.9. The van der Waals surface area contributed by atoms with Crippen LogP contribution in [0.25, 0.3) is 0 Å². The van der Waals surface area contributed by atoms with Gasteiger partial charge in [-0.1, -0.05) is 17.7 Å². The minimum Gasteiger partial charge on any atom is -0.268 e. The monoisotopic (exact) mass is 368 g/mol. The Morgan fingerprint density at radius 3 is 1.75 bits per heavy atom. The highest BCUT2D eigenvalue weighted by Gasteiger charge is 2.19. The molecule has 9 heteroatoms. The molecule has 2 aromatic rings. The van der Waals surface area contributed by atoms with Crippen molar-refractivity contribution in [1.29, 1.82) is 0 Å². The maximum absolute atomic E-state index is 12.2. The average molecular weight is 368 g/mol. The number of sulfonamides is 2. The summed E-state index contributed by atoms with van der Waals surface area (Å²) in [5, 5.41) is 0. The lowest BCUT2D eigenvalue weighted by molar-refractivity contribution is 0.0981. The van der Waals surface area contributed by atoms with E-state index in [-0.39, 0.29) is 15.4 Å². The van der Waals surface area contributed by atoms with E-state index in [2.05, 4.69) is 4.72 Å². The van der Waals surface area contributed by atoms with Gasteiger partial charge in [0, 0.05) is 5.56 Å². The van der Waals surface area contributed by atoms with Gasteiger partial charge >= 0.3 is 0 Å². The molecule has 0 aliphatic heterocycles. The first kappa shape index (κ1) is 18.1. The minimum atomic E-state index is -4.00. The summed E-state index contributed by atoms with van der Waals surface area (Å²) in [5.41, 5.74) is 0.919. The molecule has 0 radical (unpaired) electrons. The van der Waals surface area contributed by atoms with Gasteiger partial charge < -0.3 is 0 Å². The number of carbonyl (C=O) groups excluding carboxylic acids is 1. The van der Waals surface area contributed by atoms with Gasteiger partial charge in [-0.25, -0.2) is 26.3 Å². The molecule has 2 aromatic carbocycles. The molecule has 0 atom stereocenters. The minimum absolute atomic E-state index is 0.0251. The zero-order chi connectivity index (χ0) is 18.0. The first-order valence-corrected chi connectivity index (χ1v) is 9.80. The Hall–Kier alpha value is -2.23. The molecule has 2 N–H and O–H groups in total. The van der Waals surface area contributed by atoms with Crippen molar-refractivity contribution in [3.63, 3.8) is 0 Å². The highest BCUT2D eigenvalue weighted by Crippen LogP contribution is 2.13. The van der Waals surface area contributed by atoms with E-state index in [0.29, 0.717) is 0 Å². The molecular weight excluding hydrogens is 352 g/mol. The van der Waals surface area contributed by atoms with Crippen LogP contribution in [0.2, 0.25) is 0 Å². The SMILES string of the molecule is CNS(=O)(=O)c1ccc(C(=O)NS(=O)(=O)c2ccc(C)cc2)cc1. The summed E-state index contributed by atoms with van der Waals surface area (Å²) in [6.45, 7) is 1.82. The number of benzene rings is 2. The van der Waals surface area contributed by atoms with Crippen molar-refractivity contribution in [1.82, 2.24) is 9.44 Å². The quantitative estimate of drug-likeness (QED) is 0.819. The molecule has 0 fully saturated rings. The van der Waals surface area contributed by atoms with Gasteiger partial charge in [-0.05, 0) is 50.4 Å². The van der Waals surface area contributed by atoms with Gasteiger partial charge in [0.05, 0.1) is 9.79 Å². The number of hydrogen-bond acceptors (Lipinski definition) is 5. The summed E-state index contributed by atoms with van der Waals surface area (Å²) in [5.74, 6) is -0.844. The lowest BCUT2D eigenvalue weighted by Gasteiger charge is -2.08. The van der Waals surface area contributed by atoms with Crippen LogP contribution in [-0.2, 0) is 20.0 Å². The molecule has 0 heterocycles. The van der Waals surface area contributed by atoms with Crippen LogP contribution in [0.4, 0.5) is 0 Å². The Morgan fingerprint density at radius 2 is 1.25 bits per heavy atom. The number of rotatable bonds is 5. The molecule has 0 bridgehead atoms. The van der Waals surface area contributed by atoms with E-state index in [4.69, 9.17) is 0 Å². The number of amides is 1. The smallest absolute Gasteiger partial charge is 0.264 e. The third-order valence-corrected chi connectivity index (χ3v) is 6.03. The molecule has 2 rings (SSSR count). The summed E-state index contributed by atoms with van der Waals surface area (Å²) in [4.78, 5) is 12.0. The first-order valence-electron chi connectivity index (χ1n) is 6.83. The fraction of sp³-hybridized carbons (Fsp3) is 0.133. The molecule has 0 saturated carbocycles. The van der Waals surface area contributed by atoms with Crippen LogP contribution < -0.4 is 9.44 Å². The van der Waals surface area contributed by atoms with E-state index in [0.717, 1.165) is 5.56 Å². The van der Waals surface area contributed by atoms with Crippen LogP contribution in [0.3, 0.4) is 0 Å². The predicted octanol–water partition coefficient (Wildman–Crippen LogP) is 1.02. The molecule has 0 saturated heterocycles. The van der Waals surface area contributed by atoms with Crippen LogP contribution in [0, 0.1) is 6.92 Å². The van der Waals surface area contributed by atoms with Gasteiger partial charge in [-0.2, -0.15) is 0 Å². The Balaban J connectivity index is 2.22. The second-order valence-corrected chi connectivity index (χ2v) is 8.55. The molecule has 0 aromatic heterocycles. The lowest BCUT2D eigenvalue weighted by Crippen LogP contribution is -2.30. The molecule has 128 valence electrons. The fourth-order valence-electron chi connectivity index (χ4n) is 1.86. The third-order valence-electron chi connectivity index (χ3n) is 3.25. The van der Waals surface area contributed by atoms with E-state index >= 15 is 0 Å². The molecule has 0 aliphatic rings. The van der Waals surface area contributed by atoms with Crippen molar-refractivity contribution in [3.05, 3.63) is 59.7 Å². The zero-order valence-corrected chi connectivity index (χ0v) is 14.6. The van der Waals surface area contributed by atoms with Gasteiger partial charge in [-0.15, -0.1) is 0 Å². The molecule has 24 heavy (non-hydrogen) atoms. The van der Waals surface area contributed by atoms with E-state index < -0.39 is 26.0 Å². The van der Waals surface area contributed by atoms with Crippen LogP contribution >= 0.6 is 0 Å². The van der Waals surface area contributed by atoms with Gasteiger partial charge in [0.25, 0.3) is 15.9 Å². The predicted molar refractivity (Wildman–Crippen MR) is 88.5 cm³/mol. The van der Waals surface area contributed by atoms with Crippen molar-refractivity contribution in [2.75, 3.05) is 7.05 Å². The standard InChI is InChI=1S/C15H16N2O5S2/c1-11-3-7-14(8-4-11)24(21,22)17-15(18)12-5-9-13(10-6-12)23(19,20)16-2/h3-10,16H,1-2H3,(H,17,18). The van der Waals surface area contributed by atoms with Crippen LogP contribution in [0.5, 0.6) is 0 Å². The summed E-state index contributed by atoms with van der Waals surface area (Å²) in [7, 11) is -6.35. The number of hydrogen-bond donors (Lipinski definition) is 2. The topological polar surface area (TPSA) is 109 Å². The molecule has 1 amide bonds. The van der Waals surface area contributed by atoms with Gasteiger partial charge in [0.1, 0.15) is 0 Å². The van der Waals surface area contributed by atoms with E-state index in [1.54, 1.807) is 12.1 Å². The third kappa shape index (κ3) is 3.99. The first-order chi connectivity index (χ1) is 11.2. The molecule has 0 spiro atoms. The average Bonchev–Trinajstić information content (AvgIpc) is 2.55. The van der Waals surface area contributed by atoms with Crippen LogP contribution in [-0.4, -0.2) is 29.8 Å².